The number of aromatic nitrogens is 2. The Balaban J connectivity index is 2.26. The first kappa shape index (κ1) is 21.0. The van der Waals surface area contributed by atoms with Crippen molar-refractivity contribution in [2.75, 3.05) is 0 Å². The number of hydrogen-bond acceptors (Lipinski definition) is 4. The lowest BCUT2D eigenvalue weighted by Crippen LogP contribution is -2.16. The zero-order valence-electron chi connectivity index (χ0n) is 16.4. The van der Waals surface area contributed by atoms with Crippen molar-refractivity contribution in [2.24, 2.45) is 16.5 Å². The molecule has 30 heavy (non-hydrogen) atoms. The quantitative estimate of drug-likeness (QED) is 0.354. The summed E-state index contributed by atoms with van der Waals surface area (Å²) in [5.74, 6) is 0.150. The molecule has 154 valence electrons. The van der Waals surface area contributed by atoms with Crippen LogP contribution in [0.25, 0.3) is 22.3 Å². The zero-order chi connectivity index (χ0) is 21.9. The number of nitrogens with two attached hydrogens (primary N) is 2. The molecule has 0 aliphatic carbocycles. The van der Waals surface area contributed by atoms with E-state index >= 15 is 0 Å². The Hall–Kier alpha value is -3.68. The molecular formula is C22H20F3N5. The molecule has 0 radical (unpaired) electrons. The molecule has 0 bridgehead atoms. The maximum atomic E-state index is 13.5. The van der Waals surface area contributed by atoms with Crippen molar-refractivity contribution in [1.82, 2.24) is 9.97 Å². The van der Waals surface area contributed by atoms with E-state index in [0.29, 0.717) is 22.3 Å². The van der Waals surface area contributed by atoms with E-state index in [2.05, 4.69) is 15.0 Å². The topological polar surface area (TPSA) is 90.2 Å². The number of nitrogens with zero attached hydrogens (tertiary/aromatic N) is 3. The van der Waals surface area contributed by atoms with Gasteiger partial charge in [0.15, 0.2) is 5.65 Å². The number of allylic oxidation sites excluding steroid dienone is 2. The number of alkyl halides is 3. The van der Waals surface area contributed by atoms with Crippen molar-refractivity contribution < 1.29 is 13.2 Å². The lowest BCUT2D eigenvalue weighted by Gasteiger charge is -2.13. The first-order chi connectivity index (χ1) is 14.2. The predicted molar refractivity (Wildman–Crippen MR) is 113 cm³/mol. The zero-order valence-corrected chi connectivity index (χ0v) is 16.4. The fourth-order valence-corrected chi connectivity index (χ4v) is 2.89. The van der Waals surface area contributed by atoms with Gasteiger partial charge in [-0.15, -0.1) is 0 Å². The third kappa shape index (κ3) is 4.32. The van der Waals surface area contributed by atoms with Crippen LogP contribution < -0.4 is 11.5 Å². The number of pyridine rings is 2. The van der Waals surface area contributed by atoms with Crippen LogP contribution in [0.15, 0.2) is 77.1 Å². The Labute approximate surface area is 171 Å². The third-order valence-corrected chi connectivity index (χ3v) is 4.48. The molecule has 0 amide bonds. The van der Waals surface area contributed by atoms with E-state index in [-0.39, 0.29) is 22.7 Å². The highest BCUT2D eigenvalue weighted by Crippen LogP contribution is 2.38. The molecule has 3 rings (SSSR count). The highest BCUT2D eigenvalue weighted by Gasteiger charge is 2.33. The normalized spacial score (nSPS) is 13.7. The van der Waals surface area contributed by atoms with Gasteiger partial charge in [0.2, 0.25) is 0 Å². The molecule has 0 saturated heterocycles. The first-order valence-electron chi connectivity index (χ1n) is 9.08. The van der Waals surface area contributed by atoms with Crippen molar-refractivity contribution in [3.8, 4) is 11.3 Å². The smallest absolute Gasteiger partial charge is 0.398 e. The second kappa shape index (κ2) is 8.36. The summed E-state index contributed by atoms with van der Waals surface area (Å²) in [7, 11) is 0. The average molecular weight is 411 g/mol. The van der Waals surface area contributed by atoms with Crippen LogP contribution in [0.1, 0.15) is 19.4 Å². The Morgan fingerprint density at radius 1 is 1.10 bits per heavy atom. The maximum Gasteiger partial charge on any atom is 0.417 e. The van der Waals surface area contributed by atoms with Crippen LogP contribution in [0.2, 0.25) is 0 Å². The van der Waals surface area contributed by atoms with Gasteiger partial charge in [0.25, 0.3) is 0 Å². The van der Waals surface area contributed by atoms with E-state index in [1.165, 1.54) is 30.5 Å². The first-order valence-corrected chi connectivity index (χ1v) is 9.08. The summed E-state index contributed by atoms with van der Waals surface area (Å²) >= 11 is 0. The second-order valence-corrected chi connectivity index (χ2v) is 6.52. The van der Waals surface area contributed by atoms with Crippen molar-refractivity contribution in [1.29, 1.82) is 0 Å². The summed E-state index contributed by atoms with van der Waals surface area (Å²) in [5.41, 5.74) is 12.9. The van der Waals surface area contributed by atoms with Crippen LogP contribution in [-0.2, 0) is 6.18 Å². The minimum atomic E-state index is -4.53. The molecule has 4 N–H and O–H groups in total. The van der Waals surface area contributed by atoms with Crippen LogP contribution in [0, 0.1) is 0 Å². The number of hydrogen-bond donors (Lipinski definition) is 2. The van der Waals surface area contributed by atoms with Crippen molar-refractivity contribution in [2.45, 2.75) is 20.0 Å². The van der Waals surface area contributed by atoms with E-state index < -0.39 is 11.7 Å². The minimum absolute atomic E-state index is 0.0618. The number of halogens is 3. The van der Waals surface area contributed by atoms with Gasteiger partial charge in [0, 0.05) is 28.4 Å². The molecule has 0 saturated carbocycles. The third-order valence-electron chi connectivity index (χ3n) is 4.48. The molecule has 1 aromatic carbocycles. The van der Waals surface area contributed by atoms with Crippen LogP contribution in [-0.4, -0.2) is 15.8 Å². The molecule has 3 aromatic rings. The molecular weight excluding hydrogens is 391 g/mol. The highest BCUT2D eigenvalue weighted by atomic mass is 19.4. The van der Waals surface area contributed by atoms with Gasteiger partial charge < -0.3 is 11.5 Å². The number of rotatable bonds is 4. The van der Waals surface area contributed by atoms with Crippen LogP contribution in [0.3, 0.4) is 0 Å². The maximum absolute atomic E-state index is 13.5. The summed E-state index contributed by atoms with van der Waals surface area (Å²) in [6.45, 7) is 3.54. The van der Waals surface area contributed by atoms with Gasteiger partial charge in [-0.2, -0.15) is 13.2 Å². The van der Waals surface area contributed by atoms with Gasteiger partial charge in [-0.1, -0.05) is 24.3 Å². The number of aliphatic imine (C=N–C) groups is 1. The minimum Gasteiger partial charge on any atom is -0.398 e. The van der Waals surface area contributed by atoms with Gasteiger partial charge in [-0.05, 0) is 44.2 Å². The molecule has 0 unspecified atom stereocenters. The lowest BCUT2D eigenvalue weighted by atomic mass is 10.0. The van der Waals surface area contributed by atoms with Gasteiger partial charge in [0.1, 0.15) is 5.84 Å². The van der Waals surface area contributed by atoms with E-state index in [1.54, 1.807) is 31.2 Å². The Morgan fingerprint density at radius 2 is 1.83 bits per heavy atom. The molecule has 0 aliphatic rings. The van der Waals surface area contributed by atoms with Crippen molar-refractivity contribution in [3.63, 3.8) is 0 Å². The largest absolute Gasteiger partial charge is 0.417 e. The molecule has 0 aliphatic heterocycles. The van der Waals surface area contributed by atoms with Crippen LogP contribution in [0.5, 0.6) is 0 Å². The van der Waals surface area contributed by atoms with E-state index in [4.69, 9.17) is 11.5 Å². The Bertz CT molecular complexity index is 1180. The van der Waals surface area contributed by atoms with Gasteiger partial charge in [-0.3, -0.25) is 0 Å². The number of fused-ring (bicyclic) bond motifs is 1. The van der Waals surface area contributed by atoms with Gasteiger partial charge in [0.05, 0.1) is 16.9 Å². The molecule has 8 heteroatoms. The van der Waals surface area contributed by atoms with Crippen LogP contribution >= 0.6 is 0 Å². The van der Waals surface area contributed by atoms with Gasteiger partial charge in [-0.25, -0.2) is 15.0 Å². The Morgan fingerprint density at radius 3 is 2.53 bits per heavy atom. The standard InChI is InChI=1S/C22H20F3N5/c1-3-7-17(26)13(2)20(27)29-19-12-18(30-21-15(19)9-6-11-28-21)14-8-4-5-10-16(14)22(23,24)25/h3-12H,26H2,1-2H3,(H2,27,28,29,30)/b7-3-,17-13-. The fourth-order valence-electron chi connectivity index (χ4n) is 2.89. The monoisotopic (exact) mass is 411 g/mol. The van der Waals surface area contributed by atoms with Crippen molar-refractivity contribution in [3.05, 3.63) is 77.6 Å². The van der Waals surface area contributed by atoms with Gasteiger partial charge >= 0.3 is 6.18 Å². The summed E-state index contributed by atoms with van der Waals surface area (Å²) in [6, 6.07) is 10.1. The fraction of sp³-hybridized carbons (Fsp3) is 0.136. The molecule has 2 aromatic heterocycles. The number of benzene rings is 1. The van der Waals surface area contributed by atoms with Crippen molar-refractivity contribution >= 4 is 22.6 Å². The summed E-state index contributed by atoms with van der Waals surface area (Å²) in [6.07, 6.45) is 0.444. The average Bonchev–Trinajstić information content (AvgIpc) is 2.72. The summed E-state index contributed by atoms with van der Waals surface area (Å²) in [5, 5.41) is 0.561. The second-order valence-electron chi connectivity index (χ2n) is 6.52. The summed E-state index contributed by atoms with van der Waals surface area (Å²) < 4.78 is 40.5. The molecule has 0 atom stereocenters. The Kier molecular flexibility index (Phi) is 5.86. The van der Waals surface area contributed by atoms with Crippen LogP contribution in [0.4, 0.5) is 18.9 Å². The van der Waals surface area contributed by atoms with E-state index in [9.17, 15) is 13.2 Å². The molecule has 2 heterocycles. The predicted octanol–water partition coefficient (Wildman–Crippen LogP) is 5.11. The summed E-state index contributed by atoms with van der Waals surface area (Å²) in [4.78, 5) is 12.9. The molecule has 0 fully saturated rings. The molecule has 0 spiro atoms. The number of amidine groups is 1. The molecule has 5 nitrogen and oxygen atoms in total. The highest BCUT2D eigenvalue weighted by molar-refractivity contribution is 6.02. The van der Waals surface area contributed by atoms with E-state index in [1.807, 2.05) is 6.92 Å². The van der Waals surface area contributed by atoms with E-state index in [0.717, 1.165) is 6.07 Å². The SMILES string of the molecule is C/C=C\C(N)=C(/C)C(N)=Nc1cc(-c2ccccc2C(F)(F)F)nc2ncccc12. The lowest BCUT2D eigenvalue weighted by molar-refractivity contribution is -0.137.